The fourth-order valence-corrected chi connectivity index (χ4v) is 2.95. The van der Waals surface area contributed by atoms with Gasteiger partial charge in [0.25, 0.3) is 0 Å². The molecule has 0 aromatic carbocycles. The molecule has 0 aromatic rings. The molecule has 0 spiro atoms. The monoisotopic (exact) mass is 241 g/mol. The van der Waals surface area contributed by atoms with Gasteiger partial charge in [0, 0.05) is 25.2 Å². The molecule has 4 nitrogen and oxygen atoms in total. The van der Waals surface area contributed by atoms with Gasteiger partial charge in [-0.15, -0.1) is 0 Å². The number of nitrogens with one attached hydrogen (secondary N) is 1. The molecule has 0 amide bonds. The first-order chi connectivity index (χ1) is 8.35. The van der Waals surface area contributed by atoms with Gasteiger partial charge in [-0.2, -0.15) is 0 Å². The van der Waals surface area contributed by atoms with Crippen molar-refractivity contribution in [3.8, 4) is 0 Å². The van der Waals surface area contributed by atoms with Gasteiger partial charge in [-0.05, 0) is 12.8 Å². The summed E-state index contributed by atoms with van der Waals surface area (Å²) in [6, 6.07) is 0. The van der Waals surface area contributed by atoms with Crippen LogP contribution >= 0.6 is 0 Å². The van der Waals surface area contributed by atoms with E-state index >= 15 is 0 Å². The van der Waals surface area contributed by atoms with E-state index in [1.165, 1.54) is 44.9 Å². The van der Waals surface area contributed by atoms with Crippen LogP contribution in [0.4, 0.5) is 0 Å². The molecule has 0 aromatic heterocycles. The summed E-state index contributed by atoms with van der Waals surface area (Å²) in [4.78, 5) is 0. The molecule has 1 heterocycles. The molecule has 17 heavy (non-hydrogen) atoms. The van der Waals surface area contributed by atoms with E-state index in [-0.39, 0.29) is 5.54 Å². The molecule has 1 aliphatic heterocycles. The third-order valence-corrected chi connectivity index (χ3v) is 4.11. The predicted molar refractivity (Wildman–Crippen MR) is 69.6 cm³/mol. The molecule has 3 N–H and O–H groups in total. The molecular weight excluding hydrogens is 214 g/mol. The van der Waals surface area contributed by atoms with E-state index < -0.39 is 0 Å². The smallest absolute Gasteiger partial charge is 0.0608 e. The van der Waals surface area contributed by atoms with Gasteiger partial charge in [0.2, 0.25) is 0 Å². The summed E-state index contributed by atoms with van der Waals surface area (Å²) in [6.45, 7) is 4.41. The van der Waals surface area contributed by atoms with Crippen molar-refractivity contribution in [1.29, 1.82) is 0 Å². The van der Waals surface area contributed by atoms with E-state index in [4.69, 9.17) is 10.5 Å². The second kappa shape index (κ2) is 6.69. The van der Waals surface area contributed by atoms with Crippen LogP contribution in [-0.4, -0.2) is 43.4 Å². The lowest BCUT2D eigenvalue weighted by atomic mass is 9.84. The number of nitrogens with two attached hydrogens (primary N) is 1. The minimum atomic E-state index is 0.151. The third kappa shape index (κ3) is 3.91. The van der Waals surface area contributed by atoms with Crippen LogP contribution in [0.15, 0.2) is 0 Å². The number of hydrogen-bond donors (Lipinski definition) is 2. The number of morpholine rings is 1. The van der Waals surface area contributed by atoms with E-state index in [2.05, 4.69) is 10.4 Å². The standard InChI is InChI=1S/C13H27N3O/c14-12-13(6-4-2-1-3-5-7-13)15-16-8-10-17-11-9-16/h15H,1-12,14H2. The molecule has 2 aliphatic rings. The van der Waals surface area contributed by atoms with Crippen molar-refractivity contribution in [2.45, 2.75) is 50.5 Å². The highest BCUT2D eigenvalue weighted by atomic mass is 16.5. The molecule has 0 bridgehead atoms. The van der Waals surface area contributed by atoms with Crippen molar-refractivity contribution in [3.63, 3.8) is 0 Å². The Morgan fingerprint density at radius 2 is 1.59 bits per heavy atom. The average molecular weight is 241 g/mol. The molecule has 2 fully saturated rings. The van der Waals surface area contributed by atoms with Gasteiger partial charge in [0.15, 0.2) is 0 Å². The molecule has 100 valence electrons. The van der Waals surface area contributed by atoms with Crippen LogP contribution in [-0.2, 0) is 4.74 Å². The molecule has 1 aliphatic carbocycles. The van der Waals surface area contributed by atoms with E-state index in [0.717, 1.165) is 32.8 Å². The number of ether oxygens (including phenoxy) is 1. The molecule has 0 radical (unpaired) electrons. The Morgan fingerprint density at radius 1 is 1.00 bits per heavy atom. The maximum Gasteiger partial charge on any atom is 0.0608 e. The van der Waals surface area contributed by atoms with Gasteiger partial charge < -0.3 is 10.5 Å². The van der Waals surface area contributed by atoms with Crippen molar-refractivity contribution < 1.29 is 4.74 Å². The van der Waals surface area contributed by atoms with Gasteiger partial charge in [-0.1, -0.05) is 32.1 Å². The summed E-state index contributed by atoms with van der Waals surface area (Å²) in [5.74, 6) is 0. The SMILES string of the molecule is NCC1(NN2CCOCC2)CCCCCCC1. The Hall–Kier alpha value is -0.160. The van der Waals surface area contributed by atoms with Crippen LogP contribution in [0.5, 0.6) is 0 Å². The Morgan fingerprint density at radius 3 is 2.18 bits per heavy atom. The van der Waals surface area contributed by atoms with Gasteiger partial charge in [-0.25, -0.2) is 10.4 Å². The van der Waals surface area contributed by atoms with Crippen molar-refractivity contribution in [2.75, 3.05) is 32.8 Å². The minimum Gasteiger partial charge on any atom is -0.379 e. The van der Waals surface area contributed by atoms with Crippen molar-refractivity contribution in [2.24, 2.45) is 5.73 Å². The fraction of sp³-hybridized carbons (Fsp3) is 1.00. The van der Waals surface area contributed by atoms with Crippen LogP contribution < -0.4 is 11.2 Å². The highest BCUT2D eigenvalue weighted by Gasteiger charge is 2.30. The zero-order chi connectivity index (χ0) is 12.0. The lowest BCUT2D eigenvalue weighted by molar-refractivity contribution is -0.0164. The zero-order valence-electron chi connectivity index (χ0n) is 10.9. The van der Waals surface area contributed by atoms with Crippen LogP contribution in [0.25, 0.3) is 0 Å². The second-order valence-corrected chi connectivity index (χ2v) is 5.46. The number of hydrogen-bond acceptors (Lipinski definition) is 4. The van der Waals surface area contributed by atoms with Crippen molar-refractivity contribution >= 4 is 0 Å². The summed E-state index contributed by atoms with van der Waals surface area (Å²) in [5.41, 5.74) is 9.92. The van der Waals surface area contributed by atoms with E-state index in [9.17, 15) is 0 Å². The van der Waals surface area contributed by atoms with Gasteiger partial charge in [0.1, 0.15) is 0 Å². The lowest BCUT2D eigenvalue weighted by Gasteiger charge is -2.41. The summed E-state index contributed by atoms with van der Waals surface area (Å²) >= 11 is 0. The van der Waals surface area contributed by atoms with Gasteiger partial charge >= 0.3 is 0 Å². The summed E-state index contributed by atoms with van der Waals surface area (Å²) in [6.07, 6.45) is 9.21. The van der Waals surface area contributed by atoms with Crippen molar-refractivity contribution in [1.82, 2.24) is 10.4 Å². The van der Waals surface area contributed by atoms with Gasteiger partial charge in [-0.3, -0.25) is 0 Å². The average Bonchev–Trinajstić information content (AvgIpc) is 2.34. The molecule has 0 atom stereocenters. The number of hydrazine groups is 1. The second-order valence-electron chi connectivity index (χ2n) is 5.46. The topological polar surface area (TPSA) is 50.5 Å². The Balaban J connectivity index is 1.90. The molecule has 2 rings (SSSR count). The van der Waals surface area contributed by atoms with E-state index in [1.807, 2.05) is 0 Å². The number of rotatable bonds is 3. The first kappa shape index (κ1) is 13.3. The maximum absolute atomic E-state index is 6.06. The summed E-state index contributed by atoms with van der Waals surface area (Å²) in [7, 11) is 0. The number of nitrogens with zero attached hydrogens (tertiary/aromatic N) is 1. The maximum atomic E-state index is 6.06. The van der Waals surface area contributed by atoms with Gasteiger partial charge in [0.05, 0.1) is 13.2 Å². The lowest BCUT2D eigenvalue weighted by Crippen LogP contribution is -2.60. The molecule has 4 heteroatoms. The summed E-state index contributed by atoms with van der Waals surface area (Å²) < 4.78 is 5.39. The first-order valence-electron chi connectivity index (χ1n) is 7.15. The van der Waals surface area contributed by atoms with E-state index in [0.29, 0.717) is 0 Å². The van der Waals surface area contributed by atoms with Crippen LogP contribution in [0.3, 0.4) is 0 Å². The summed E-state index contributed by atoms with van der Waals surface area (Å²) in [5, 5.41) is 2.32. The van der Waals surface area contributed by atoms with Crippen LogP contribution in [0.2, 0.25) is 0 Å². The minimum absolute atomic E-state index is 0.151. The Bertz CT molecular complexity index is 209. The van der Waals surface area contributed by atoms with Crippen LogP contribution in [0.1, 0.15) is 44.9 Å². The fourth-order valence-electron chi connectivity index (χ4n) is 2.95. The Labute approximate surface area is 105 Å². The molecule has 1 saturated carbocycles. The highest BCUT2D eigenvalue weighted by Crippen LogP contribution is 2.26. The Kier molecular flexibility index (Phi) is 5.22. The molecule has 1 saturated heterocycles. The van der Waals surface area contributed by atoms with Crippen molar-refractivity contribution in [3.05, 3.63) is 0 Å². The third-order valence-electron chi connectivity index (χ3n) is 4.11. The largest absolute Gasteiger partial charge is 0.379 e. The van der Waals surface area contributed by atoms with E-state index in [1.54, 1.807) is 0 Å². The quantitative estimate of drug-likeness (QED) is 0.781. The molecular formula is C13H27N3O. The first-order valence-corrected chi connectivity index (χ1v) is 7.15. The zero-order valence-corrected chi connectivity index (χ0v) is 10.9. The predicted octanol–water partition coefficient (Wildman–Crippen LogP) is 1.26. The molecule has 0 unspecified atom stereocenters. The normalized spacial score (nSPS) is 27.4. The van der Waals surface area contributed by atoms with Crippen LogP contribution in [0, 0.1) is 0 Å². The highest BCUT2D eigenvalue weighted by molar-refractivity contribution is 4.89.